The molecule has 1 aliphatic heterocycles. The summed E-state index contributed by atoms with van der Waals surface area (Å²) in [6.45, 7) is 2.91. The Morgan fingerprint density at radius 3 is 2.83 bits per heavy atom. The molecule has 1 saturated heterocycles. The zero-order chi connectivity index (χ0) is 16.7. The van der Waals surface area contributed by atoms with E-state index in [9.17, 15) is 9.59 Å². The van der Waals surface area contributed by atoms with Crippen LogP contribution in [-0.2, 0) is 14.3 Å². The average molecular weight is 356 g/mol. The predicted molar refractivity (Wildman–Crippen MR) is 92.8 cm³/mol. The Kier molecular flexibility index (Phi) is 7.24. The molecule has 0 bridgehead atoms. The molecule has 1 aromatic rings. The Morgan fingerprint density at radius 1 is 1.39 bits per heavy atom. The average Bonchev–Trinajstić information content (AvgIpc) is 3.07. The number of halogens is 1. The van der Waals surface area contributed by atoms with Gasteiger partial charge >= 0.3 is 5.97 Å². The van der Waals surface area contributed by atoms with Crippen molar-refractivity contribution >= 4 is 35.2 Å². The van der Waals surface area contributed by atoms with Crippen molar-refractivity contribution in [2.75, 3.05) is 18.9 Å². The van der Waals surface area contributed by atoms with Gasteiger partial charge in [-0.1, -0.05) is 25.1 Å². The summed E-state index contributed by atoms with van der Waals surface area (Å²) in [7, 11) is 0. The lowest BCUT2D eigenvalue weighted by Crippen LogP contribution is -2.45. The van der Waals surface area contributed by atoms with Gasteiger partial charge < -0.3 is 9.64 Å². The van der Waals surface area contributed by atoms with Gasteiger partial charge in [0.15, 0.2) is 0 Å². The summed E-state index contributed by atoms with van der Waals surface area (Å²) >= 11 is 7.81. The maximum Gasteiger partial charge on any atom is 0.328 e. The quantitative estimate of drug-likeness (QED) is 0.427. The van der Waals surface area contributed by atoms with Crippen LogP contribution in [-0.4, -0.2) is 47.1 Å². The number of rotatable bonds is 7. The minimum absolute atomic E-state index is 0.175. The fourth-order valence-corrected chi connectivity index (χ4v) is 3.66. The van der Waals surface area contributed by atoms with Crippen molar-refractivity contribution in [3.63, 3.8) is 0 Å². The molecule has 0 saturated carbocycles. The molecular formula is C17H22ClNO3S. The highest BCUT2D eigenvalue weighted by Crippen LogP contribution is 2.24. The molecule has 6 heteroatoms. The fraction of sp³-hybridized carbons (Fsp3) is 0.529. The van der Waals surface area contributed by atoms with E-state index in [0.29, 0.717) is 25.3 Å². The standard InChI is InChI=1S/C17H22ClNO3S/c1-2-11-22-17(21)15-9-6-10-19(15)16(20)14(18)12-23-13-7-4-3-5-8-13/h3-5,7-8,14-15H,2,6,9-12H2,1H3/t14-,15+/m1/s1. The predicted octanol–water partition coefficient (Wildman–Crippen LogP) is 3.33. The summed E-state index contributed by atoms with van der Waals surface area (Å²) in [5.74, 6) is 0.000728. The Bertz CT molecular complexity index is 526. The first-order valence-corrected chi connectivity index (χ1v) is 9.34. The molecule has 0 aromatic heterocycles. The van der Waals surface area contributed by atoms with Crippen molar-refractivity contribution in [1.82, 2.24) is 4.90 Å². The Hall–Kier alpha value is -1.20. The van der Waals surface area contributed by atoms with E-state index in [2.05, 4.69) is 0 Å². The van der Waals surface area contributed by atoms with Crippen LogP contribution in [0.4, 0.5) is 0 Å². The molecule has 126 valence electrons. The summed E-state index contributed by atoms with van der Waals surface area (Å²) in [5.41, 5.74) is 0. The number of carbonyl (C=O) groups is 2. The number of thioether (sulfide) groups is 1. The fourth-order valence-electron chi connectivity index (χ4n) is 2.51. The number of benzene rings is 1. The summed E-state index contributed by atoms with van der Waals surface area (Å²) in [6.07, 6.45) is 2.25. The highest BCUT2D eigenvalue weighted by Gasteiger charge is 2.37. The van der Waals surface area contributed by atoms with Crippen LogP contribution in [0.3, 0.4) is 0 Å². The number of alkyl halides is 1. The van der Waals surface area contributed by atoms with Gasteiger partial charge in [0.25, 0.3) is 0 Å². The molecule has 23 heavy (non-hydrogen) atoms. The monoisotopic (exact) mass is 355 g/mol. The van der Waals surface area contributed by atoms with Gasteiger partial charge in [-0.15, -0.1) is 23.4 Å². The maximum atomic E-state index is 12.5. The third-order valence-electron chi connectivity index (χ3n) is 3.66. The summed E-state index contributed by atoms with van der Waals surface area (Å²) in [4.78, 5) is 27.2. The van der Waals surface area contributed by atoms with Gasteiger partial charge in [-0.3, -0.25) is 4.79 Å². The highest BCUT2D eigenvalue weighted by molar-refractivity contribution is 7.99. The second kappa shape index (κ2) is 9.18. The van der Waals surface area contributed by atoms with Crippen LogP contribution in [0.1, 0.15) is 26.2 Å². The van der Waals surface area contributed by atoms with Crippen molar-refractivity contribution in [3.8, 4) is 0 Å². The van der Waals surface area contributed by atoms with Crippen molar-refractivity contribution in [1.29, 1.82) is 0 Å². The van der Waals surface area contributed by atoms with Crippen LogP contribution in [0, 0.1) is 0 Å². The van der Waals surface area contributed by atoms with Crippen molar-refractivity contribution in [2.24, 2.45) is 0 Å². The van der Waals surface area contributed by atoms with Crippen LogP contribution in [0.5, 0.6) is 0 Å². The first-order valence-electron chi connectivity index (χ1n) is 7.92. The number of hydrogen-bond donors (Lipinski definition) is 0. The van der Waals surface area contributed by atoms with Gasteiger partial charge in [0, 0.05) is 17.2 Å². The van der Waals surface area contributed by atoms with E-state index < -0.39 is 11.4 Å². The van der Waals surface area contributed by atoms with E-state index in [-0.39, 0.29) is 11.9 Å². The number of nitrogens with zero attached hydrogens (tertiary/aromatic N) is 1. The second-order valence-corrected chi connectivity index (χ2v) is 7.07. The molecule has 1 aromatic carbocycles. The van der Waals surface area contributed by atoms with Crippen LogP contribution in [0.2, 0.25) is 0 Å². The van der Waals surface area contributed by atoms with Gasteiger partial charge in [-0.05, 0) is 31.4 Å². The molecule has 0 aliphatic carbocycles. The van der Waals surface area contributed by atoms with E-state index in [1.165, 1.54) is 0 Å². The molecule has 0 N–H and O–H groups in total. The third kappa shape index (κ3) is 5.15. The summed E-state index contributed by atoms with van der Waals surface area (Å²) in [6, 6.07) is 9.35. The van der Waals surface area contributed by atoms with Gasteiger partial charge in [0.05, 0.1) is 6.61 Å². The number of likely N-dealkylation sites (tertiary alicyclic amines) is 1. The smallest absolute Gasteiger partial charge is 0.328 e. The van der Waals surface area contributed by atoms with Gasteiger partial charge in [0.2, 0.25) is 5.91 Å². The molecule has 4 nitrogen and oxygen atoms in total. The van der Waals surface area contributed by atoms with Gasteiger partial charge in [0.1, 0.15) is 11.4 Å². The molecule has 1 amide bonds. The molecule has 0 spiro atoms. The first kappa shape index (κ1) is 18.1. The number of ether oxygens (including phenoxy) is 1. The normalized spacial score (nSPS) is 18.7. The Balaban J connectivity index is 1.88. The minimum atomic E-state index is -0.639. The minimum Gasteiger partial charge on any atom is -0.464 e. The Labute approximate surface area is 146 Å². The summed E-state index contributed by atoms with van der Waals surface area (Å²) in [5, 5.41) is -0.639. The van der Waals surface area contributed by atoms with Gasteiger partial charge in [-0.25, -0.2) is 4.79 Å². The molecule has 1 heterocycles. The molecular weight excluding hydrogens is 334 g/mol. The number of hydrogen-bond acceptors (Lipinski definition) is 4. The topological polar surface area (TPSA) is 46.6 Å². The van der Waals surface area contributed by atoms with E-state index in [1.54, 1.807) is 16.7 Å². The van der Waals surface area contributed by atoms with Crippen LogP contribution in [0.15, 0.2) is 35.2 Å². The molecule has 1 fully saturated rings. The number of amides is 1. The Morgan fingerprint density at radius 2 is 2.13 bits per heavy atom. The largest absolute Gasteiger partial charge is 0.464 e. The lowest BCUT2D eigenvalue weighted by molar-refractivity contribution is -0.153. The van der Waals surface area contributed by atoms with E-state index in [4.69, 9.17) is 16.3 Å². The highest BCUT2D eigenvalue weighted by atomic mass is 35.5. The summed E-state index contributed by atoms with van der Waals surface area (Å²) < 4.78 is 5.18. The maximum absolute atomic E-state index is 12.5. The lowest BCUT2D eigenvalue weighted by atomic mass is 10.2. The van der Waals surface area contributed by atoms with E-state index in [1.807, 2.05) is 37.3 Å². The zero-order valence-electron chi connectivity index (χ0n) is 13.2. The first-order chi connectivity index (χ1) is 11.1. The molecule has 0 radical (unpaired) electrons. The SMILES string of the molecule is CCCOC(=O)[C@@H]1CCCN1C(=O)[C@H](Cl)CSc1ccccc1. The van der Waals surface area contributed by atoms with E-state index >= 15 is 0 Å². The van der Waals surface area contributed by atoms with E-state index in [0.717, 1.165) is 17.7 Å². The number of carbonyl (C=O) groups excluding carboxylic acids is 2. The van der Waals surface area contributed by atoms with Crippen molar-refractivity contribution in [2.45, 2.75) is 42.5 Å². The third-order valence-corrected chi connectivity index (χ3v) is 5.29. The van der Waals surface area contributed by atoms with Crippen molar-refractivity contribution < 1.29 is 14.3 Å². The molecule has 2 rings (SSSR count). The van der Waals surface area contributed by atoms with Crippen LogP contribution >= 0.6 is 23.4 Å². The van der Waals surface area contributed by atoms with Crippen LogP contribution < -0.4 is 0 Å². The number of esters is 1. The zero-order valence-corrected chi connectivity index (χ0v) is 14.8. The molecule has 0 unspecified atom stereocenters. The van der Waals surface area contributed by atoms with Gasteiger partial charge in [-0.2, -0.15) is 0 Å². The molecule has 1 aliphatic rings. The second-order valence-electron chi connectivity index (χ2n) is 5.45. The van der Waals surface area contributed by atoms with Crippen molar-refractivity contribution in [3.05, 3.63) is 30.3 Å². The van der Waals surface area contributed by atoms with Crippen LogP contribution in [0.25, 0.3) is 0 Å². The lowest BCUT2D eigenvalue weighted by Gasteiger charge is -2.25. The molecule has 2 atom stereocenters.